The lowest BCUT2D eigenvalue weighted by atomic mass is 9.96. The zero-order valence-electron chi connectivity index (χ0n) is 14.3. The minimum absolute atomic E-state index is 0.0770. The maximum Gasteiger partial charge on any atom is 0.423 e. The van der Waals surface area contributed by atoms with Gasteiger partial charge < -0.3 is 14.6 Å². The van der Waals surface area contributed by atoms with Gasteiger partial charge in [0.05, 0.1) is 6.10 Å². The highest BCUT2D eigenvalue weighted by Gasteiger charge is 2.60. The van der Waals surface area contributed by atoms with Gasteiger partial charge in [-0.1, -0.05) is 0 Å². The highest BCUT2D eigenvalue weighted by Crippen LogP contribution is 2.43. The van der Waals surface area contributed by atoms with Gasteiger partial charge in [0.1, 0.15) is 5.60 Å². The van der Waals surface area contributed by atoms with E-state index in [1.54, 1.807) is 0 Å². The molecule has 0 aliphatic heterocycles. The fourth-order valence-electron chi connectivity index (χ4n) is 2.40. The number of rotatable bonds is 3. The van der Waals surface area contributed by atoms with Crippen molar-refractivity contribution in [2.75, 3.05) is 0 Å². The molecule has 25 heavy (non-hydrogen) atoms. The van der Waals surface area contributed by atoms with E-state index in [1.807, 2.05) is 0 Å². The number of carbonyl (C=O) groups excluding carboxylic acids is 1. The Bertz CT molecular complexity index is 544. The Labute approximate surface area is 140 Å². The van der Waals surface area contributed by atoms with Gasteiger partial charge in [0.15, 0.2) is 5.60 Å². The molecule has 1 aliphatic rings. The number of esters is 1. The summed E-state index contributed by atoms with van der Waals surface area (Å²) in [6, 6.07) is 0. The van der Waals surface area contributed by atoms with Gasteiger partial charge in [0.2, 0.25) is 6.10 Å². The third-order valence-corrected chi connectivity index (χ3v) is 3.81. The molecule has 10 heteroatoms. The normalized spacial score (nSPS) is 25.7. The van der Waals surface area contributed by atoms with Gasteiger partial charge in [0.25, 0.3) is 0 Å². The molecule has 0 spiro atoms. The number of hydrogen-bond acceptors (Lipinski definition) is 4. The van der Waals surface area contributed by atoms with E-state index in [4.69, 9.17) is 4.74 Å². The molecule has 0 heterocycles. The van der Waals surface area contributed by atoms with Crippen LogP contribution < -0.4 is 0 Å². The van der Waals surface area contributed by atoms with E-state index in [1.165, 1.54) is 34.6 Å². The minimum Gasteiger partial charge on any atom is -0.458 e. The van der Waals surface area contributed by atoms with Crippen molar-refractivity contribution < 1.29 is 45.7 Å². The van der Waals surface area contributed by atoms with Crippen LogP contribution in [0.2, 0.25) is 0 Å². The Balaban J connectivity index is 3.09. The zero-order valence-corrected chi connectivity index (χ0v) is 14.3. The van der Waals surface area contributed by atoms with Gasteiger partial charge in [-0.3, -0.25) is 0 Å². The van der Waals surface area contributed by atoms with Crippen molar-refractivity contribution in [1.82, 2.24) is 0 Å². The van der Waals surface area contributed by atoms with Crippen LogP contribution in [-0.4, -0.2) is 46.8 Å². The number of ether oxygens (including phenoxy) is 2. The number of alkyl halides is 6. The van der Waals surface area contributed by atoms with Gasteiger partial charge in [-0.2, -0.15) is 26.3 Å². The minimum atomic E-state index is -5.68. The van der Waals surface area contributed by atoms with Crippen molar-refractivity contribution in [3.8, 4) is 0 Å². The average molecular weight is 378 g/mol. The largest absolute Gasteiger partial charge is 0.458 e. The summed E-state index contributed by atoms with van der Waals surface area (Å²) in [6.07, 6.45) is -17.9. The molecule has 0 amide bonds. The number of aliphatic hydroxyl groups is 1. The zero-order chi connectivity index (χ0) is 20.0. The lowest BCUT2D eigenvalue weighted by Gasteiger charge is -2.30. The van der Waals surface area contributed by atoms with E-state index in [-0.39, 0.29) is 11.1 Å². The Morgan fingerprint density at radius 2 is 1.56 bits per heavy atom. The summed E-state index contributed by atoms with van der Waals surface area (Å²) in [5.74, 6) is -1.15. The standard InChI is InChI=1S/C15H20F6O4/c1-7-8(2)13(23,11(22)25-12(3,4)5)6-9(7)24-10(14(16,17)18)15(19,20)21/h9-10,23H,6H2,1-5H3/t9-,13+/m1/s1. The topological polar surface area (TPSA) is 55.8 Å². The molecular weight excluding hydrogens is 358 g/mol. The molecule has 0 unspecified atom stereocenters. The second-order valence-corrected chi connectivity index (χ2v) is 6.96. The van der Waals surface area contributed by atoms with Crippen molar-refractivity contribution in [1.29, 1.82) is 0 Å². The van der Waals surface area contributed by atoms with E-state index in [0.29, 0.717) is 0 Å². The highest BCUT2D eigenvalue weighted by molar-refractivity contribution is 5.85. The molecule has 1 N–H and O–H groups in total. The first-order valence-electron chi connectivity index (χ1n) is 7.32. The fourth-order valence-corrected chi connectivity index (χ4v) is 2.40. The first kappa shape index (κ1) is 21.8. The molecule has 0 saturated heterocycles. The molecule has 0 aromatic rings. The van der Waals surface area contributed by atoms with Gasteiger partial charge >= 0.3 is 18.3 Å². The van der Waals surface area contributed by atoms with Crippen molar-refractivity contribution >= 4 is 5.97 Å². The Morgan fingerprint density at radius 1 is 1.12 bits per heavy atom. The van der Waals surface area contributed by atoms with E-state index in [2.05, 4.69) is 4.74 Å². The SMILES string of the molecule is CC1=C(C)[C@](O)(C(=O)OC(C)(C)C)C[C@H]1OC(C(F)(F)F)C(F)(F)F. The van der Waals surface area contributed by atoms with Crippen LogP contribution in [0.4, 0.5) is 26.3 Å². The van der Waals surface area contributed by atoms with E-state index in [0.717, 1.165) is 0 Å². The molecule has 4 nitrogen and oxygen atoms in total. The van der Waals surface area contributed by atoms with E-state index in [9.17, 15) is 36.2 Å². The quantitative estimate of drug-likeness (QED) is 0.463. The third kappa shape index (κ3) is 4.87. The summed E-state index contributed by atoms with van der Waals surface area (Å²) < 4.78 is 85.1. The lowest BCUT2D eigenvalue weighted by molar-refractivity contribution is -0.329. The number of halogens is 6. The molecule has 0 bridgehead atoms. The number of carbonyl (C=O) groups is 1. The second kappa shape index (κ2) is 6.46. The van der Waals surface area contributed by atoms with Crippen LogP contribution in [0.15, 0.2) is 11.1 Å². The summed E-state index contributed by atoms with van der Waals surface area (Å²) in [5, 5.41) is 10.5. The number of hydrogen-bond donors (Lipinski definition) is 1. The summed E-state index contributed by atoms with van der Waals surface area (Å²) in [6.45, 7) is 6.95. The van der Waals surface area contributed by atoms with Gasteiger partial charge in [-0.15, -0.1) is 0 Å². The van der Waals surface area contributed by atoms with Crippen molar-refractivity contribution in [2.24, 2.45) is 0 Å². The van der Waals surface area contributed by atoms with E-state index < -0.39 is 48.2 Å². The van der Waals surface area contributed by atoms with Crippen LogP contribution >= 0.6 is 0 Å². The van der Waals surface area contributed by atoms with E-state index >= 15 is 0 Å². The summed E-state index contributed by atoms with van der Waals surface area (Å²) >= 11 is 0. The van der Waals surface area contributed by atoms with Crippen LogP contribution in [0.3, 0.4) is 0 Å². The highest BCUT2D eigenvalue weighted by atomic mass is 19.4. The Hall–Kier alpha value is -1.29. The first-order chi connectivity index (χ1) is 10.9. The molecule has 1 aliphatic carbocycles. The monoisotopic (exact) mass is 378 g/mol. The third-order valence-electron chi connectivity index (χ3n) is 3.81. The molecule has 1 rings (SSSR count). The van der Waals surface area contributed by atoms with Gasteiger partial charge in [0, 0.05) is 6.42 Å². The molecule has 146 valence electrons. The molecule has 0 fully saturated rings. The van der Waals surface area contributed by atoms with Crippen molar-refractivity contribution in [3.63, 3.8) is 0 Å². The molecule has 2 atom stereocenters. The molecule has 0 radical (unpaired) electrons. The van der Waals surface area contributed by atoms with Crippen LogP contribution in [0.25, 0.3) is 0 Å². The molecule has 0 aromatic carbocycles. The summed E-state index contributed by atoms with van der Waals surface area (Å²) in [5.41, 5.74) is -3.51. The average Bonchev–Trinajstić information content (AvgIpc) is 2.57. The predicted molar refractivity (Wildman–Crippen MR) is 74.6 cm³/mol. The molecule has 0 saturated carbocycles. The maximum atomic E-state index is 12.7. The molecule has 0 aromatic heterocycles. The smallest absolute Gasteiger partial charge is 0.423 e. The first-order valence-corrected chi connectivity index (χ1v) is 7.32. The second-order valence-electron chi connectivity index (χ2n) is 6.96. The van der Waals surface area contributed by atoms with Crippen molar-refractivity contribution in [3.05, 3.63) is 11.1 Å². The maximum absolute atomic E-state index is 12.7. The van der Waals surface area contributed by atoms with Gasteiger partial charge in [-0.05, 0) is 45.8 Å². The fraction of sp³-hybridized carbons (Fsp3) is 0.800. The Morgan fingerprint density at radius 3 is 1.92 bits per heavy atom. The Kier molecular flexibility index (Phi) is 5.62. The molecular formula is C15H20F6O4. The van der Waals surface area contributed by atoms with Crippen LogP contribution in [-0.2, 0) is 14.3 Å². The predicted octanol–water partition coefficient (Wildman–Crippen LogP) is 3.68. The summed E-state index contributed by atoms with van der Waals surface area (Å²) in [4.78, 5) is 12.2. The van der Waals surface area contributed by atoms with Crippen LogP contribution in [0.1, 0.15) is 41.0 Å². The van der Waals surface area contributed by atoms with Crippen LogP contribution in [0, 0.1) is 0 Å². The lowest BCUT2D eigenvalue weighted by Crippen LogP contribution is -2.48. The summed E-state index contributed by atoms with van der Waals surface area (Å²) in [7, 11) is 0. The van der Waals surface area contributed by atoms with Crippen molar-refractivity contribution in [2.45, 2.75) is 76.8 Å². The van der Waals surface area contributed by atoms with Crippen LogP contribution in [0.5, 0.6) is 0 Å². The van der Waals surface area contributed by atoms with Gasteiger partial charge in [-0.25, -0.2) is 4.79 Å².